The topological polar surface area (TPSA) is 96.0 Å². The molecule has 3 aromatic carbocycles. The third kappa shape index (κ3) is 5.58. The third-order valence-electron chi connectivity index (χ3n) is 5.98. The van der Waals surface area contributed by atoms with Crippen LogP contribution in [-0.4, -0.2) is 58.0 Å². The van der Waals surface area contributed by atoms with E-state index in [1.54, 1.807) is 60.4 Å². The zero-order valence-electron chi connectivity index (χ0n) is 20.3. The molecule has 0 atom stereocenters. The van der Waals surface area contributed by atoms with Gasteiger partial charge in [-0.1, -0.05) is 42.5 Å². The zero-order chi connectivity index (χ0) is 25.7. The molecule has 0 aliphatic carbocycles. The van der Waals surface area contributed by atoms with Gasteiger partial charge in [0, 0.05) is 13.1 Å². The minimum Gasteiger partial charge on any atom is -0.378 e. The second-order valence-electron chi connectivity index (χ2n) is 8.61. The molecule has 1 fully saturated rings. The predicted molar refractivity (Wildman–Crippen MR) is 139 cm³/mol. The summed E-state index contributed by atoms with van der Waals surface area (Å²) in [5, 5.41) is 2.76. The number of aryl methyl sites for hydroxylation is 2. The molecule has 4 rings (SSSR count). The summed E-state index contributed by atoms with van der Waals surface area (Å²) in [6.07, 6.45) is 0. The molecule has 2 amide bonds. The lowest BCUT2D eigenvalue weighted by molar-refractivity contribution is -0.114. The van der Waals surface area contributed by atoms with Crippen molar-refractivity contribution < 1.29 is 22.7 Å². The Kier molecular flexibility index (Phi) is 7.71. The van der Waals surface area contributed by atoms with Crippen molar-refractivity contribution in [2.45, 2.75) is 18.7 Å². The number of rotatable bonds is 7. The normalized spacial score (nSPS) is 13.8. The van der Waals surface area contributed by atoms with Crippen molar-refractivity contribution in [3.05, 3.63) is 89.5 Å². The quantitative estimate of drug-likeness (QED) is 0.527. The van der Waals surface area contributed by atoms with Gasteiger partial charge < -0.3 is 15.0 Å². The maximum absolute atomic E-state index is 13.6. The fourth-order valence-electron chi connectivity index (χ4n) is 4.04. The molecule has 1 saturated heterocycles. The molecule has 188 valence electrons. The van der Waals surface area contributed by atoms with Crippen LogP contribution in [0.3, 0.4) is 0 Å². The molecule has 1 aliphatic rings. The van der Waals surface area contributed by atoms with Crippen LogP contribution in [0.5, 0.6) is 0 Å². The first-order chi connectivity index (χ1) is 17.3. The van der Waals surface area contributed by atoms with Crippen molar-refractivity contribution in [2.24, 2.45) is 0 Å². The molecule has 3 aromatic rings. The number of nitrogens with zero attached hydrogens (tertiary/aromatic N) is 2. The highest BCUT2D eigenvalue weighted by molar-refractivity contribution is 7.92. The van der Waals surface area contributed by atoms with Gasteiger partial charge in [-0.2, -0.15) is 0 Å². The summed E-state index contributed by atoms with van der Waals surface area (Å²) in [6.45, 7) is 5.07. The molecule has 0 radical (unpaired) electrons. The summed E-state index contributed by atoms with van der Waals surface area (Å²) >= 11 is 0. The third-order valence-corrected chi connectivity index (χ3v) is 7.76. The van der Waals surface area contributed by atoms with Gasteiger partial charge >= 0.3 is 0 Å². The molecule has 0 aromatic heterocycles. The van der Waals surface area contributed by atoms with Crippen LogP contribution < -0.4 is 9.62 Å². The van der Waals surface area contributed by atoms with E-state index in [0.717, 1.165) is 15.4 Å². The van der Waals surface area contributed by atoms with Crippen LogP contribution in [-0.2, 0) is 19.6 Å². The lowest BCUT2D eigenvalue weighted by Gasteiger charge is -2.28. The summed E-state index contributed by atoms with van der Waals surface area (Å²) < 4.78 is 33.7. The Labute approximate surface area is 211 Å². The van der Waals surface area contributed by atoms with Crippen LogP contribution in [0, 0.1) is 13.8 Å². The van der Waals surface area contributed by atoms with Crippen molar-refractivity contribution in [2.75, 3.05) is 42.5 Å². The zero-order valence-corrected chi connectivity index (χ0v) is 21.1. The van der Waals surface area contributed by atoms with Crippen LogP contribution in [0.4, 0.5) is 11.4 Å². The summed E-state index contributed by atoms with van der Waals surface area (Å²) in [5.41, 5.74) is 2.68. The first-order valence-corrected chi connectivity index (χ1v) is 13.1. The molecule has 1 aliphatic heterocycles. The predicted octanol–water partition coefficient (Wildman–Crippen LogP) is 3.61. The number of hydrogen-bond donors (Lipinski definition) is 1. The molecule has 1 heterocycles. The van der Waals surface area contributed by atoms with Crippen LogP contribution in [0.1, 0.15) is 21.5 Å². The Balaban J connectivity index is 1.64. The van der Waals surface area contributed by atoms with E-state index in [1.165, 1.54) is 12.1 Å². The highest BCUT2D eigenvalue weighted by Gasteiger charge is 2.29. The van der Waals surface area contributed by atoms with Crippen molar-refractivity contribution in [3.8, 4) is 0 Å². The maximum atomic E-state index is 13.6. The molecule has 1 N–H and O–H groups in total. The molecular formula is C27H29N3O5S. The van der Waals surface area contributed by atoms with Gasteiger partial charge in [-0.25, -0.2) is 8.42 Å². The Bertz CT molecular complexity index is 1350. The number of para-hydroxylation sites is 1. The van der Waals surface area contributed by atoms with E-state index < -0.39 is 22.5 Å². The maximum Gasteiger partial charge on any atom is 0.264 e. The number of sulfonamides is 1. The van der Waals surface area contributed by atoms with E-state index in [4.69, 9.17) is 4.74 Å². The molecule has 0 bridgehead atoms. The molecule has 0 unspecified atom stereocenters. The molecular weight excluding hydrogens is 478 g/mol. The Hall–Kier alpha value is -3.69. The second-order valence-corrected chi connectivity index (χ2v) is 10.5. The van der Waals surface area contributed by atoms with Gasteiger partial charge in [-0.05, 0) is 55.3 Å². The van der Waals surface area contributed by atoms with E-state index in [2.05, 4.69) is 5.32 Å². The monoisotopic (exact) mass is 507 g/mol. The summed E-state index contributed by atoms with van der Waals surface area (Å²) in [4.78, 5) is 28.1. The number of carbonyl (C=O) groups is 2. The number of amides is 2. The number of nitrogens with one attached hydrogen (secondary N) is 1. The smallest absolute Gasteiger partial charge is 0.264 e. The van der Waals surface area contributed by atoms with E-state index in [9.17, 15) is 18.0 Å². The van der Waals surface area contributed by atoms with E-state index >= 15 is 0 Å². The average molecular weight is 508 g/mol. The average Bonchev–Trinajstić information content (AvgIpc) is 2.89. The van der Waals surface area contributed by atoms with Crippen molar-refractivity contribution in [1.82, 2.24) is 4.90 Å². The number of carbonyl (C=O) groups excluding carboxylic acids is 2. The Morgan fingerprint density at radius 3 is 2.33 bits per heavy atom. The highest BCUT2D eigenvalue weighted by Crippen LogP contribution is 2.28. The van der Waals surface area contributed by atoms with Crippen molar-refractivity contribution in [3.63, 3.8) is 0 Å². The lowest BCUT2D eigenvalue weighted by Crippen LogP contribution is -2.41. The van der Waals surface area contributed by atoms with E-state index in [1.807, 2.05) is 19.1 Å². The van der Waals surface area contributed by atoms with Crippen molar-refractivity contribution in [1.29, 1.82) is 0 Å². The Morgan fingerprint density at radius 2 is 1.61 bits per heavy atom. The van der Waals surface area contributed by atoms with Gasteiger partial charge in [0.2, 0.25) is 5.91 Å². The van der Waals surface area contributed by atoms with Gasteiger partial charge in [0.25, 0.3) is 15.9 Å². The number of hydrogen-bond acceptors (Lipinski definition) is 5. The minimum absolute atomic E-state index is 0.0848. The summed E-state index contributed by atoms with van der Waals surface area (Å²) in [7, 11) is -4.04. The second kappa shape index (κ2) is 10.9. The SMILES string of the molecule is Cc1ccc(C)c(N(CC(=O)Nc2ccccc2C(=O)N2CCOCC2)S(=O)(=O)c2ccccc2)c1. The molecule has 0 spiro atoms. The first-order valence-electron chi connectivity index (χ1n) is 11.7. The number of morpholine rings is 1. The van der Waals surface area contributed by atoms with Crippen LogP contribution in [0.2, 0.25) is 0 Å². The molecule has 36 heavy (non-hydrogen) atoms. The van der Waals surface area contributed by atoms with Gasteiger partial charge in [0.1, 0.15) is 6.54 Å². The standard InChI is InChI=1S/C27H29N3O5S/c1-20-12-13-21(2)25(18-20)30(36(33,34)22-8-4-3-5-9-22)19-26(31)28-24-11-7-6-10-23(24)27(32)29-14-16-35-17-15-29/h3-13,18H,14-17,19H2,1-2H3,(H,28,31). The number of ether oxygens (including phenoxy) is 1. The highest BCUT2D eigenvalue weighted by atomic mass is 32.2. The summed E-state index contributed by atoms with van der Waals surface area (Å²) in [5.74, 6) is -0.768. The molecule has 0 saturated carbocycles. The molecule has 8 nitrogen and oxygen atoms in total. The van der Waals surface area contributed by atoms with Gasteiger partial charge in [0.15, 0.2) is 0 Å². The number of benzene rings is 3. The fraction of sp³-hybridized carbons (Fsp3) is 0.259. The van der Waals surface area contributed by atoms with Crippen LogP contribution >= 0.6 is 0 Å². The van der Waals surface area contributed by atoms with Gasteiger partial charge in [-0.15, -0.1) is 0 Å². The van der Waals surface area contributed by atoms with E-state index in [0.29, 0.717) is 43.2 Å². The largest absolute Gasteiger partial charge is 0.378 e. The van der Waals surface area contributed by atoms with Crippen LogP contribution in [0.15, 0.2) is 77.7 Å². The van der Waals surface area contributed by atoms with Gasteiger partial charge in [-0.3, -0.25) is 13.9 Å². The fourth-order valence-corrected chi connectivity index (χ4v) is 5.54. The van der Waals surface area contributed by atoms with E-state index in [-0.39, 0.29) is 10.8 Å². The van der Waals surface area contributed by atoms with Crippen LogP contribution in [0.25, 0.3) is 0 Å². The van der Waals surface area contributed by atoms with Gasteiger partial charge in [0.05, 0.1) is 35.0 Å². The first kappa shape index (κ1) is 25.4. The lowest BCUT2D eigenvalue weighted by atomic mass is 10.1. The minimum atomic E-state index is -4.04. The summed E-state index contributed by atoms with van der Waals surface area (Å²) in [6, 6.07) is 20.2. The van der Waals surface area contributed by atoms with Crippen molar-refractivity contribution >= 4 is 33.2 Å². The molecule has 9 heteroatoms. The number of anilines is 2. The Morgan fingerprint density at radius 1 is 0.944 bits per heavy atom.